The molecule has 1 N–H and O–H groups in total. The molecule has 158 valence electrons. The Morgan fingerprint density at radius 1 is 1.24 bits per heavy atom. The predicted octanol–water partition coefficient (Wildman–Crippen LogP) is 6.65. The summed E-state index contributed by atoms with van der Waals surface area (Å²) in [5.74, 6) is 0.673. The summed E-state index contributed by atoms with van der Waals surface area (Å²) >= 11 is 0. The van der Waals surface area contributed by atoms with Gasteiger partial charge in [0.05, 0.1) is 13.1 Å². The van der Waals surface area contributed by atoms with E-state index in [0.29, 0.717) is 12.5 Å². The Bertz CT molecular complexity index is 752. The Hall–Kier alpha value is -2.68. The first-order valence-corrected chi connectivity index (χ1v) is 10.2. The molecule has 1 rings (SSSR count). The van der Waals surface area contributed by atoms with Crippen LogP contribution in [0.5, 0.6) is 0 Å². The molecule has 0 saturated heterocycles. The zero-order valence-corrected chi connectivity index (χ0v) is 19.1. The zero-order valence-electron chi connectivity index (χ0n) is 19.1. The number of carbonyl (C=O) groups excluding carboxylic acids is 1. The fraction of sp³-hybridized carbons (Fsp3) is 0.385. The second-order valence-corrected chi connectivity index (χ2v) is 7.34. The van der Waals surface area contributed by atoms with E-state index in [-0.39, 0.29) is 5.78 Å². The summed E-state index contributed by atoms with van der Waals surface area (Å²) in [6.07, 6.45) is 10.9. The van der Waals surface area contributed by atoms with Crippen molar-refractivity contribution in [1.82, 2.24) is 0 Å². The molecule has 29 heavy (non-hydrogen) atoms. The molecule has 0 amide bonds. The summed E-state index contributed by atoms with van der Waals surface area (Å²) in [6, 6.07) is 6.09. The summed E-state index contributed by atoms with van der Waals surface area (Å²) in [6.45, 7) is 20.5. The first-order valence-electron chi connectivity index (χ1n) is 10.2. The van der Waals surface area contributed by atoms with Crippen molar-refractivity contribution in [3.63, 3.8) is 0 Å². The highest BCUT2D eigenvalue weighted by Gasteiger charge is 2.03. The summed E-state index contributed by atoms with van der Waals surface area (Å²) in [5, 5.41) is 3.13. The maximum Gasteiger partial charge on any atom is 0.177 e. The van der Waals surface area contributed by atoms with E-state index in [1.807, 2.05) is 6.07 Å². The van der Waals surface area contributed by atoms with Crippen LogP contribution < -0.4 is 5.32 Å². The van der Waals surface area contributed by atoms with Crippen molar-refractivity contribution >= 4 is 18.2 Å². The molecule has 3 heteroatoms. The molecule has 0 bridgehead atoms. The Balaban J connectivity index is 0.000000578. The monoisotopic (exact) mass is 394 g/mol. The van der Waals surface area contributed by atoms with E-state index in [1.165, 1.54) is 16.7 Å². The molecule has 0 spiro atoms. The molecule has 0 aliphatic rings. The van der Waals surface area contributed by atoms with Crippen molar-refractivity contribution < 1.29 is 4.79 Å². The Morgan fingerprint density at radius 3 is 2.45 bits per heavy atom. The van der Waals surface area contributed by atoms with E-state index in [0.717, 1.165) is 24.2 Å². The molecule has 0 radical (unpaired) electrons. The lowest BCUT2D eigenvalue weighted by molar-refractivity contribution is -0.113. The Labute approximate surface area is 178 Å². The highest BCUT2D eigenvalue weighted by molar-refractivity contribution is 5.98. The van der Waals surface area contributed by atoms with Crippen LogP contribution in [0.3, 0.4) is 0 Å². The fourth-order valence-corrected chi connectivity index (χ4v) is 2.43. The lowest BCUT2D eigenvalue weighted by Crippen LogP contribution is -2.14. The van der Waals surface area contributed by atoms with Crippen molar-refractivity contribution in [3.8, 4) is 0 Å². The van der Waals surface area contributed by atoms with Gasteiger partial charge >= 0.3 is 0 Å². The Kier molecular flexibility index (Phi) is 13.9. The Morgan fingerprint density at radius 2 is 1.93 bits per heavy atom. The van der Waals surface area contributed by atoms with Gasteiger partial charge in [0, 0.05) is 5.69 Å². The van der Waals surface area contributed by atoms with E-state index in [4.69, 9.17) is 0 Å². The molecule has 1 aromatic rings. The van der Waals surface area contributed by atoms with Gasteiger partial charge in [-0.1, -0.05) is 63.8 Å². The van der Waals surface area contributed by atoms with Gasteiger partial charge in [0.2, 0.25) is 0 Å². The molecule has 3 nitrogen and oxygen atoms in total. The van der Waals surface area contributed by atoms with Crippen LogP contribution in [0.1, 0.15) is 45.2 Å². The summed E-state index contributed by atoms with van der Waals surface area (Å²) in [5.41, 5.74) is 5.44. The van der Waals surface area contributed by atoms with E-state index < -0.39 is 0 Å². The van der Waals surface area contributed by atoms with Gasteiger partial charge in [-0.15, -0.1) is 0 Å². The minimum absolute atomic E-state index is 0.0862. The highest BCUT2D eigenvalue weighted by atomic mass is 16.1. The summed E-state index contributed by atoms with van der Waals surface area (Å²) in [7, 11) is 0. The van der Waals surface area contributed by atoms with Gasteiger partial charge < -0.3 is 5.32 Å². The molecule has 0 aromatic heterocycles. The van der Waals surface area contributed by atoms with Crippen molar-refractivity contribution in [2.24, 2.45) is 10.9 Å². The quantitative estimate of drug-likeness (QED) is 0.274. The minimum Gasteiger partial charge on any atom is -0.378 e. The third-order valence-corrected chi connectivity index (χ3v) is 4.18. The van der Waals surface area contributed by atoms with Crippen molar-refractivity contribution in [3.05, 3.63) is 77.4 Å². The van der Waals surface area contributed by atoms with Crippen LogP contribution in [0.2, 0.25) is 0 Å². The number of nitrogens with one attached hydrogen (secondary N) is 1. The van der Waals surface area contributed by atoms with Crippen LogP contribution in [0.15, 0.2) is 71.3 Å². The van der Waals surface area contributed by atoms with Gasteiger partial charge in [-0.3, -0.25) is 9.79 Å². The average Bonchev–Trinajstić information content (AvgIpc) is 2.67. The number of benzene rings is 1. The number of hydrogen-bond donors (Lipinski definition) is 1. The van der Waals surface area contributed by atoms with Gasteiger partial charge in [0.15, 0.2) is 5.78 Å². The van der Waals surface area contributed by atoms with E-state index in [1.54, 1.807) is 19.1 Å². The number of Topliss-reactive ketones (excluding diaryl/α,β-unsaturated/α-hetero) is 1. The van der Waals surface area contributed by atoms with Crippen LogP contribution in [0.4, 0.5) is 5.69 Å². The van der Waals surface area contributed by atoms with Crippen LogP contribution in [-0.2, 0) is 4.79 Å². The summed E-state index contributed by atoms with van der Waals surface area (Å²) in [4.78, 5) is 15.6. The largest absolute Gasteiger partial charge is 0.378 e. The van der Waals surface area contributed by atoms with Gasteiger partial charge in [0.25, 0.3) is 0 Å². The molecule has 0 saturated carbocycles. The number of aliphatic imine (C=N–C) groups is 1. The second kappa shape index (κ2) is 15.3. The van der Waals surface area contributed by atoms with Gasteiger partial charge in [-0.25, -0.2) is 0 Å². The normalized spacial score (nSPS) is 11.8. The van der Waals surface area contributed by atoms with Gasteiger partial charge in [-0.2, -0.15) is 0 Å². The van der Waals surface area contributed by atoms with Crippen LogP contribution in [0, 0.1) is 19.8 Å². The van der Waals surface area contributed by atoms with Gasteiger partial charge in [0.1, 0.15) is 0 Å². The third-order valence-electron chi connectivity index (χ3n) is 4.18. The molecule has 1 aromatic carbocycles. The van der Waals surface area contributed by atoms with Crippen LogP contribution in [-0.4, -0.2) is 25.6 Å². The number of allylic oxidation sites excluding steroid dienone is 4. The number of aryl methyl sites for hydroxylation is 2. The van der Waals surface area contributed by atoms with Crippen molar-refractivity contribution in [2.45, 2.75) is 48.0 Å². The summed E-state index contributed by atoms with van der Waals surface area (Å²) < 4.78 is 0. The number of rotatable bonds is 10. The molecule has 0 aliphatic heterocycles. The average molecular weight is 395 g/mol. The molecule has 0 atom stereocenters. The predicted molar refractivity (Wildman–Crippen MR) is 130 cm³/mol. The second-order valence-electron chi connectivity index (χ2n) is 7.34. The molecule has 0 unspecified atom stereocenters. The highest BCUT2D eigenvalue weighted by Crippen LogP contribution is 2.14. The van der Waals surface area contributed by atoms with Crippen molar-refractivity contribution in [2.75, 3.05) is 18.4 Å². The lowest BCUT2D eigenvalue weighted by Gasteiger charge is -2.08. The fourth-order valence-electron chi connectivity index (χ4n) is 2.43. The third kappa shape index (κ3) is 12.4. The zero-order chi connectivity index (χ0) is 22.2. The lowest BCUT2D eigenvalue weighted by atomic mass is 10.1. The maximum atomic E-state index is 11.7. The van der Waals surface area contributed by atoms with Gasteiger partial charge in [-0.05, 0) is 74.2 Å². The van der Waals surface area contributed by atoms with E-state index in [2.05, 4.69) is 88.6 Å². The smallest absolute Gasteiger partial charge is 0.177 e. The van der Waals surface area contributed by atoms with Crippen LogP contribution in [0.25, 0.3) is 0 Å². The number of nitrogens with zero attached hydrogens (tertiary/aromatic N) is 1. The van der Waals surface area contributed by atoms with Crippen LogP contribution >= 0.6 is 0 Å². The maximum absolute atomic E-state index is 11.7. The first-order chi connectivity index (χ1) is 13.7. The van der Waals surface area contributed by atoms with E-state index in [9.17, 15) is 4.79 Å². The number of anilines is 1. The number of hydrogen-bond acceptors (Lipinski definition) is 3. The molecule has 0 heterocycles. The SMILES string of the molecule is C=C/C=C(\C)C(=O)CNc1ccc(C)c(C)c1.C=NCC(/C=C\CC)=C/C(C)C. The molecular formula is C26H38N2O. The number of carbonyl (C=O) groups is 1. The number of ketones is 1. The standard InChI is InChI=1S/C15H19NO.C11H19N/c1-5-6-12(3)15(17)10-16-14-8-7-11(2)13(4)9-14;1-5-6-7-11(9-12-4)8-10(2)3/h5-9,16H,1,10H2,2-4H3;6-8,10H,4-5,9H2,1-3H3/b12-6+;7-6-,11-8+. The van der Waals surface area contributed by atoms with E-state index >= 15 is 0 Å². The first kappa shape index (κ1) is 26.3. The molecule has 0 fully saturated rings. The van der Waals surface area contributed by atoms with Crippen molar-refractivity contribution in [1.29, 1.82) is 0 Å². The topological polar surface area (TPSA) is 41.5 Å². The molecular weight excluding hydrogens is 356 g/mol. The molecule has 0 aliphatic carbocycles. The minimum atomic E-state index is 0.0862.